The predicted octanol–water partition coefficient (Wildman–Crippen LogP) is 1.85. The molecule has 0 atom stereocenters. The highest BCUT2D eigenvalue weighted by Gasteiger charge is 2.11. The van der Waals surface area contributed by atoms with E-state index in [1.54, 1.807) is 24.3 Å². The van der Waals surface area contributed by atoms with Crippen LogP contribution < -0.4 is 0 Å². The molecule has 0 unspecified atom stereocenters. The molecule has 2 aromatic rings. The molecular formula is C20H32O12S4. The van der Waals surface area contributed by atoms with E-state index < -0.39 is 40.5 Å². The summed E-state index contributed by atoms with van der Waals surface area (Å²) in [6.07, 6.45) is 1.99. The maximum Gasteiger partial charge on any atom is 0.296 e. The van der Waals surface area contributed by atoms with E-state index in [0.29, 0.717) is 0 Å². The second-order valence-electron chi connectivity index (χ2n) is 6.61. The molecule has 0 aliphatic heterocycles. The molecule has 2 rings (SSSR count). The lowest BCUT2D eigenvalue weighted by Gasteiger charge is -2.00. The van der Waals surface area contributed by atoms with E-state index in [2.05, 4.69) is 16.7 Å². The van der Waals surface area contributed by atoms with Crippen LogP contribution in [0.1, 0.15) is 11.1 Å². The standard InChI is InChI=1S/2C8H10O3S.2C2H6O3S/c2*1-7-3-5-8(6-4-7)12(9,10)11-2;2*1-5-6(2,3)4/h2*3-6H,1-2H3;2*1-2H3. The van der Waals surface area contributed by atoms with Crippen molar-refractivity contribution < 1.29 is 50.4 Å². The number of hydrogen-bond acceptors (Lipinski definition) is 12. The van der Waals surface area contributed by atoms with Crippen LogP contribution in [0, 0.1) is 13.8 Å². The Kier molecular flexibility index (Phi) is 16.1. The minimum atomic E-state index is -3.51. The molecule has 0 fully saturated rings. The summed E-state index contributed by atoms with van der Waals surface area (Å²) in [6.45, 7) is 3.78. The summed E-state index contributed by atoms with van der Waals surface area (Å²) in [5.41, 5.74) is 2.04. The fraction of sp³-hybridized carbons (Fsp3) is 0.400. The Morgan fingerprint density at radius 3 is 0.778 bits per heavy atom. The first-order valence-electron chi connectivity index (χ1n) is 9.50. The van der Waals surface area contributed by atoms with Crippen LogP contribution in [0.25, 0.3) is 0 Å². The van der Waals surface area contributed by atoms with Crippen LogP contribution in [-0.4, -0.2) is 74.6 Å². The molecule has 208 valence electrons. The van der Waals surface area contributed by atoms with Gasteiger partial charge in [0, 0.05) is 0 Å². The normalized spacial score (nSPS) is 11.6. The van der Waals surface area contributed by atoms with Crippen LogP contribution in [-0.2, 0) is 57.2 Å². The SMILES string of the molecule is COS(=O)(=O)c1ccc(C)cc1.COS(=O)(=O)c1ccc(C)cc1.COS(C)(=O)=O.COS(C)(=O)=O. The minimum absolute atomic E-state index is 0.190. The van der Waals surface area contributed by atoms with E-state index in [0.717, 1.165) is 52.1 Å². The van der Waals surface area contributed by atoms with E-state index in [-0.39, 0.29) is 9.79 Å². The summed E-state index contributed by atoms with van der Waals surface area (Å²) in [5.74, 6) is 0. The van der Waals surface area contributed by atoms with Gasteiger partial charge >= 0.3 is 0 Å². The molecule has 0 heterocycles. The Hall–Kier alpha value is -1.92. The number of rotatable bonds is 6. The zero-order valence-electron chi connectivity index (χ0n) is 21.2. The van der Waals surface area contributed by atoms with Gasteiger partial charge in [0.2, 0.25) is 0 Å². The first kappa shape index (κ1) is 36.2. The fourth-order valence-electron chi connectivity index (χ4n) is 1.60. The number of hydrogen-bond donors (Lipinski definition) is 0. The quantitative estimate of drug-likeness (QED) is 0.446. The van der Waals surface area contributed by atoms with Gasteiger partial charge < -0.3 is 0 Å². The van der Waals surface area contributed by atoms with Crippen molar-refractivity contribution >= 4 is 40.5 Å². The molecule has 12 nitrogen and oxygen atoms in total. The maximum atomic E-state index is 11.1. The number of aryl methyl sites for hydroxylation is 2. The molecule has 0 radical (unpaired) electrons. The second kappa shape index (κ2) is 16.0. The average molecular weight is 593 g/mol. The summed E-state index contributed by atoms with van der Waals surface area (Å²) in [5, 5.41) is 0. The first-order chi connectivity index (χ1) is 16.2. The number of benzene rings is 2. The highest BCUT2D eigenvalue weighted by Crippen LogP contribution is 2.12. The Labute approximate surface area is 214 Å². The van der Waals surface area contributed by atoms with E-state index in [9.17, 15) is 33.7 Å². The Balaban J connectivity index is 0. The maximum absolute atomic E-state index is 11.1. The lowest BCUT2D eigenvalue weighted by Crippen LogP contribution is -2.02. The molecule has 0 spiro atoms. The van der Waals surface area contributed by atoms with Gasteiger partial charge in [-0.05, 0) is 38.1 Å². The Morgan fingerprint density at radius 1 is 0.444 bits per heavy atom. The monoisotopic (exact) mass is 592 g/mol. The molecule has 0 amide bonds. The van der Waals surface area contributed by atoms with Crippen LogP contribution in [0.2, 0.25) is 0 Å². The molecule has 36 heavy (non-hydrogen) atoms. The third-order valence-corrected chi connectivity index (χ3v) is 7.45. The Morgan fingerprint density at radius 2 is 0.639 bits per heavy atom. The third-order valence-electron chi connectivity index (χ3n) is 3.66. The lowest BCUT2D eigenvalue weighted by atomic mass is 10.2. The van der Waals surface area contributed by atoms with Crippen LogP contribution in [0.15, 0.2) is 58.3 Å². The van der Waals surface area contributed by atoms with Gasteiger partial charge in [0.1, 0.15) is 0 Å². The van der Waals surface area contributed by atoms with Crippen molar-refractivity contribution in [2.45, 2.75) is 23.6 Å². The van der Waals surface area contributed by atoms with Crippen molar-refractivity contribution in [3.05, 3.63) is 59.7 Å². The minimum Gasteiger partial charge on any atom is -0.274 e. The molecule has 0 N–H and O–H groups in total. The summed E-state index contributed by atoms with van der Waals surface area (Å²) in [4.78, 5) is 0.381. The molecular weight excluding hydrogens is 560 g/mol. The van der Waals surface area contributed by atoms with Gasteiger partial charge in [0.25, 0.3) is 40.5 Å². The second-order valence-corrected chi connectivity index (χ2v) is 13.5. The van der Waals surface area contributed by atoms with Crippen LogP contribution >= 0.6 is 0 Å². The van der Waals surface area contributed by atoms with Crippen molar-refractivity contribution in [2.75, 3.05) is 41.0 Å². The molecule has 0 bridgehead atoms. The van der Waals surface area contributed by atoms with Gasteiger partial charge in [-0.25, -0.2) is 0 Å². The molecule has 16 heteroatoms. The predicted molar refractivity (Wildman–Crippen MR) is 134 cm³/mol. The van der Waals surface area contributed by atoms with Crippen molar-refractivity contribution in [1.82, 2.24) is 0 Å². The zero-order chi connectivity index (χ0) is 28.8. The molecule has 0 aliphatic rings. The van der Waals surface area contributed by atoms with Crippen molar-refractivity contribution in [3.8, 4) is 0 Å². The molecule has 0 saturated heterocycles. The summed E-state index contributed by atoms with van der Waals surface area (Å²) in [6, 6.07) is 13.0. The summed E-state index contributed by atoms with van der Waals surface area (Å²) < 4.78 is 100.0. The summed E-state index contributed by atoms with van der Waals surface area (Å²) >= 11 is 0. The smallest absolute Gasteiger partial charge is 0.274 e. The topological polar surface area (TPSA) is 173 Å². The van der Waals surface area contributed by atoms with E-state index in [1.807, 2.05) is 13.8 Å². The largest absolute Gasteiger partial charge is 0.296 e. The zero-order valence-corrected chi connectivity index (χ0v) is 24.4. The molecule has 0 aliphatic carbocycles. The third kappa shape index (κ3) is 17.5. The van der Waals surface area contributed by atoms with Crippen LogP contribution in [0.3, 0.4) is 0 Å². The van der Waals surface area contributed by atoms with Gasteiger partial charge in [-0.2, -0.15) is 33.7 Å². The van der Waals surface area contributed by atoms with E-state index in [4.69, 9.17) is 0 Å². The van der Waals surface area contributed by atoms with Gasteiger partial charge in [0.15, 0.2) is 0 Å². The van der Waals surface area contributed by atoms with Crippen LogP contribution in [0.5, 0.6) is 0 Å². The van der Waals surface area contributed by atoms with Gasteiger partial charge in [-0.15, -0.1) is 0 Å². The van der Waals surface area contributed by atoms with Gasteiger partial charge in [0.05, 0.1) is 50.7 Å². The van der Waals surface area contributed by atoms with Crippen molar-refractivity contribution in [1.29, 1.82) is 0 Å². The highest BCUT2D eigenvalue weighted by molar-refractivity contribution is 7.87. The van der Waals surface area contributed by atoms with E-state index >= 15 is 0 Å². The lowest BCUT2D eigenvalue weighted by molar-refractivity contribution is 0.396. The molecule has 0 aromatic heterocycles. The molecule has 2 aromatic carbocycles. The fourth-order valence-corrected chi connectivity index (χ4v) is 2.93. The van der Waals surface area contributed by atoms with E-state index in [1.165, 1.54) is 24.3 Å². The first-order valence-corrected chi connectivity index (χ1v) is 15.9. The molecule has 0 saturated carbocycles. The van der Waals surface area contributed by atoms with Crippen molar-refractivity contribution in [3.63, 3.8) is 0 Å². The summed E-state index contributed by atoms with van der Waals surface area (Å²) in [7, 11) is -8.82. The van der Waals surface area contributed by atoms with Gasteiger partial charge in [-0.1, -0.05) is 35.4 Å². The average Bonchev–Trinajstić information content (AvgIpc) is 2.80. The van der Waals surface area contributed by atoms with Crippen LogP contribution in [0.4, 0.5) is 0 Å². The van der Waals surface area contributed by atoms with Crippen molar-refractivity contribution in [2.24, 2.45) is 0 Å². The Bertz CT molecular complexity index is 1220. The van der Waals surface area contributed by atoms with Gasteiger partial charge in [-0.3, -0.25) is 16.7 Å². The highest BCUT2D eigenvalue weighted by atomic mass is 32.2.